The third-order valence-electron chi connectivity index (χ3n) is 5.50. The summed E-state index contributed by atoms with van der Waals surface area (Å²) in [6, 6.07) is 5.24. The molecule has 2 aromatic carbocycles. The maximum absolute atomic E-state index is 14.6. The minimum Gasteiger partial charge on any atom is -0.207 e. The molecule has 0 unspecified atom stereocenters. The van der Waals surface area contributed by atoms with E-state index in [1.54, 1.807) is 0 Å². The molecule has 0 spiro atoms. The van der Waals surface area contributed by atoms with E-state index in [1.807, 2.05) is 0 Å². The summed E-state index contributed by atoms with van der Waals surface area (Å²) in [7, 11) is 0. The molecule has 1 fully saturated rings. The first-order valence-corrected chi connectivity index (χ1v) is 9.43. The lowest BCUT2D eigenvalue weighted by molar-refractivity contribution is 0.303. The van der Waals surface area contributed by atoms with Gasteiger partial charge in [0.2, 0.25) is 0 Å². The Bertz CT molecular complexity index is 717. The Morgan fingerprint density at radius 2 is 1.38 bits per heavy atom. The zero-order valence-corrected chi connectivity index (χ0v) is 15.0. The van der Waals surface area contributed by atoms with Gasteiger partial charge in [-0.25, -0.2) is 17.6 Å². The number of halogens is 4. The van der Waals surface area contributed by atoms with Crippen molar-refractivity contribution in [3.05, 3.63) is 59.2 Å². The second-order valence-corrected chi connectivity index (χ2v) is 7.38. The Labute approximate surface area is 152 Å². The molecule has 0 saturated heterocycles. The van der Waals surface area contributed by atoms with Crippen LogP contribution in [0.15, 0.2) is 30.3 Å². The van der Waals surface area contributed by atoms with Crippen LogP contribution in [-0.2, 0) is 0 Å². The van der Waals surface area contributed by atoms with Gasteiger partial charge in [-0.2, -0.15) is 0 Å². The second-order valence-electron chi connectivity index (χ2n) is 7.38. The Morgan fingerprint density at radius 3 is 1.92 bits per heavy atom. The first kappa shape index (κ1) is 18.9. The van der Waals surface area contributed by atoms with Crippen LogP contribution in [0.1, 0.15) is 63.4 Å². The number of hydrogen-bond acceptors (Lipinski definition) is 0. The number of unbranched alkanes of at least 4 members (excludes halogenated alkanes) is 1. The van der Waals surface area contributed by atoms with Crippen LogP contribution in [0.4, 0.5) is 17.6 Å². The molecule has 0 aromatic heterocycles. The summed E-state index contributed by atoms with van der Waals surface area (Å²) in [6.45, 7) is 2.18. The van der Waals surface area contributed by atoms with Gasteiger partial charge >= 0.3 is 0 Å². The molecule has 0 bridgehead atoms. The fourth-order valence-electron chi connectivity index (χ4n) is 4.08. The summed E-state index contributed by atoms with van der Waals surface area (Å²) in [5, 5.41) is 0. The van der Waals surface area contributed by atoms with Crippen LogP contribution in [0.25, 0.3) is 11.1 Å². The fraction of sp³-hybridized carbons (Fsp3) is 0.455. The number of benzene rings is 2. The lowest BCUT2D eigenvalue weighted by atomic mass is 9.77. The van der Waals surface area contributed by atoms with Crippen molar-refractivity contribution in [3.8, 4) is 11.1 Å². The SMILES string of the molecule is CCCCC1CCC(c2cc(F)c(-c3cc(F)cc(F)c3)c(F)c2)CC1. The van der Waals surface area contributed by atoms with Gasteiger partial charge in [-0.15, -0.1) is 0 Å². The second kappa shape index (κ2) is 8.24. The van der Waals surface area contributed by atoms with Gasteiger partial charge in [0, 0.05) is 6.07 Å². The zero-order valence-electron chi connectivity index (χ0n) is 15.0. The summed E-state index contributed by atoms with van der Waals surface area (Å²) >= 11 is 0. The van der Waals surface area contributed by atoms with E-state index in [0.29, 0.717) is 11.6 Å². The monoisotopic (exact) mass is 364 g/mol. The van der Waals surface area contributed by atoms with Gasteiger partial charge in [-0.05, 0) is 72.9 Å². The summed E-state index contributed by atoms with van der Waals surface area (Å²) in [6.07, 6.45) is 7.70. The first-order chi connectivity index (χ1) is 12.5. The highest BCUT2D eigenvalue weighted by atomic mass is 19.1. The van der Waals surface area contributed by atoms with Crippen LogP contribution in [0.5, 0.6) is 0 Å². The minimum absolute atomic E-state index is 0.118. The van der Waals surface area contributed by atoms with Gasteiger partial charge in [0.1, 0.15) is 23.3 Å². The molecule has 1 saturated carbocycles. The largest absolute Gasteiger partial charge is 0.207 e. The van der Waals surface area contributed by atoms with Crippen LogP contribution < -0.4 is 0 Å². The van der Waals surface area contributed by atoms with Crippen molar-refractivity contribution in [3.63, 3.8) is 0 Å². The topological polar surface area (TPSA) is 0 Å². The van der Waals surface area contributed by atoms with E-state index in [0.717, 1.165) is 43.7 Å². The van der Waals surface area contributed by atoms with Crippen LogP contribution in [0.2, 0.25) is 0 Å². The Hall–Kier alpha value is -1.84. The van der Waals surface area contributed by atoms with Crippen LogP contribution >= 0.6 is 0 Å². The molecule has 1 aliphatic carbocycles. The van der Waals surface area contributed by atoms with E-state index in [4.69, 9.17) is 0 Å². The van der Waals surface area contributed by atoms with Crippen molar-refractivity contribution < 1.29 is 17.6 Å². The number of hydrogen-bond donors (Lipinski definition) is 0. The van der Waals surface area contributed by atoms with Gasteiger partial charge in [0.15, 0.2) is 0 Å². The minimum atomic E-state index is -0.853. The van der Waals surface area contributed by atoms with Crippen molar-refractivity contribution in [2.24, 2.45) is 5.92 Å². The lowest BCUT2D eigenvalue weighted by Gasteiger charge is -2.29. The number of rotatable bonds is 5. The molecule has 1 aliphatic rings. The van der Waals surface area contributed by atoms with Gasteiger partial charge in [-0.1, -0.05) is 26.2 Å². The van der Waals surface area contributed by atoms with Gasteiger partial charge in [-0.3, -0.25) is 0 Å². The van der Waals surface area contributed by atoms with Crippen molar-refractivity contribution in [1.29, 1.82) is 0 Å². The highest BCUT2D eigenvalue weighted by Crippen LogP contribution is 2.39. The summed E-state index contributed by atoms with van der Waals surface area (Å²) < 4.78 is 55.9. The van der Waals surface area contributed by atoms with Crippen molar-refractivity contribution >= 4 is 0 Å². The molecule has 0 radical (unpaired) electrons. The molecule has 0 nitrogen and oxygen atoms in total. The molecule has 0 amide bonds. The highest BCUT2D eigenvalue weighted by Gasteiger charge is 2.24. The molecule has 26 heavy (non-hydrogen) atoms. The maximum Gasteiger partial charge on any atom is 0.134 e. The third kappa shape index (κ3) is 4.28. The summed E-state index contributed by atoms with van der Waals surface area (Å²) in [4.78, 5) is 0. The molecule has 0 atom stereocenters. The van der Waals surface area contributed by atoms with E-state index < -0.39 is 23.3 Å². The normalized spacial score (nSPS) is 20.3. The third-order valence-corrected chi connectivity index (χ3v) is 5.50. The first-order valence-electron chi connectivity index (χ1n) is 9.43. The Balaban J connectivity index is 1.80. The standard InChI is InChI=1S/C22H24F4/c1-2-3-4-14-5-7-15(8-6-14)16-11-20(25)22(21(26)12-16)17-9-18(23)13-19(24)10-17/h9-15H,2-8H2,1H3. The molecular weight excluding hydrogens is 340 g/mol. The average Bonchev–Trinajstić information content (AvgIpc) is 2.59. The molecule has 0 heterocycles. The highest BCUT2D eigenvalue weighted by molar-refractivity contribution is 5.65. The fourth-order valence-corrected chi connectivity index (χ4v) is 4.08. The quantitative estimate of drug-likeness (QED) is 0.486. The molecule has 4 heteroatoms. The van der Waals surface area contributed by atoms with Crippen LogP contribution in [0, 0.1) is 29.2 Å². The van der Waals surface area contributed by atoms with E-state index in [-0.39, 0.29) is 17.0 Å². The lowest BCUT2D eigenvalue weighted by Crippen LogP contribution is -2.14. The summed E-state index contributed by atoms with van der Waals surface area (Å²) in [5.41, 5.74) is 0.158. The van der Waals surface area contributed by atoms with E-state index in [9.17, 15) is 17.6 Å². The molecule has 0 aliphatic heterocycles. The maximum atomic E-state index is 14.6. The average molecular weight is 364 g/mol. The molecule has 2 aromatic rings. The summed E-state index contributed by atoms with van der Waals surface area (Å²) in [5.74, 6) is -2.37. The van der Waals surface area contributed by atoms with Crippen molar-refractivity contribution in [1.82, 2.24) is 0 Å². The zero-order chi connectivity index (χ0) is 18.7. The molecular formula is C22H24F4. The van der Waals surface area contributed by atoms with E-state index in [1.165, 1.54) is 31.4 Å². The van der Waals surface area contributed by atoms with Crippen LogP contribution in [-0.4, -0.2) is 0 Å². The van der Waals surface area contributed by atoms with E-state index in [2.05, 4.69) is 6.92 Å². The van der Waals surface area contributed by atoms with Gasteiger partial charge in [0.25, 0.3) is 0 Å². The predicted octanol–water partition coefficient (Wildman–Crippen LogP) is 7.37. The van der Waals surface area contributed by atoms with Crippen LogP contribution in [0.3, 0.4) is 0 Å². The smallest absolute Gasteiger partial charge is 0.134 e. The van der Waals surface area contributed by atoms with Gasteiger partial charge < -0.3 is 0 Å². The van der Waals surface area contributed by atoms with Gasteiger partial charge in [0.05, 0.1) is 5.56 Å². The molecule has 3 rings (SSSR count). The predicted molar refractivity (Wildman–Crippen MR) is 95.9 cm³/mol. The van der Waals surface area contributed by atoms with E-state index >= 15 is 0 Å². The van der Waals surface area contributed by atoms with Crippen molar-refractivity contribution in [2.45, 2.75) is 57.8 Å². The molecule has 140 valence electrons. The van der Waals surface area contributed by atoms with Crippen molar-refractivity contribution in [2.75, 3.05) is 0 Å². The molecule has 0 N–H and O–H groups in total. The Kier molecular flexibility index (Phi) is 6.00. The Morgan fingerprint density at radius 1 is 0.808 bits per heavy atom.